The molecule has 92 valence electrons. The summed E-state index contributed by atoms with van der Waals surface area (Å²) >= 11 is 5.90. The highest BCUT2D eigenvalue weighted by molar-refractivity contribution is 6.16. The van der Waals surface area contributed by atoms with Crippen LogP contribution >= 0.6 is 24.0 Å². The van der Waals surface area contributed by atoms with E-state index in [0.717, 1.165) is 18.1 Å². The Bertz CT molecular complexity index is 478. The highest BCUT2D eigenvalue weighted by Crippen LogP contribution is 2.14. The molecule has 2 aromatic rings. The van der Waals surface area contributed by atoms with Gasteiger partial charge in [-0.2, -0.15) is 0 Å². The van der Waals surface area contributed by atoms with E-state index in [9.17, 15) is 0 Å². The van der Waals surface area contributed by atoms with E-state index in [2.05, 4.69) is 40.7 Å². The first kappa shape index (κ1) is 14.1. The van der Waals surface area contributed by atoms with Gasteiger partial charge in [0.2, 0.25) is 0 Å². The van der Waals surface area contributed by atoms with Crippen molar-refractivity contribution in [2.75, 3.05) is 0 Å². The quantitative estimate of drug-likeness (QED) is 0.778. The number of hydrogen-bond acceptors (Lipinski definition) is 1. The summed E-state index contributed by atoms with van der Waals surface area (Å²) in [6.07, 6.45) is 0. The monoisotopic (exact) mass is 270 g/mol. The van der Waals surface area contributed by atoms with Crippen molar-refractivity contribution in [1.29, 1.82) is 0 Å². The van der Waals surface area contributed by atoms with Gasteiger partial charge in [0, 0.05) is 12.2 Å². The summed E-state index contributed by atoms with van der Waals surface area (Å²) in [5.74, 6) is 1.40. The van der Waals surface area contributed by atoms with Gasteiger partial charge in [0.15, 0.2) is 0 Å². The zero-order chi connectivity index (χ0) is 11.5. The molecule has 0 aliphatic carbocycles. The van der Waals surface area contributed by atoms with E-state index in [1.165, 1.54) is 11.3 Å². The maximum atomic E-state index is 5.90. The molecule has 2 nitrogen and oxygen atoms in total. The number of rotatable bonds is 3. The van der Waals surface area contributed by atoms with Crippen molar-refractivity contribution >= 4 is 24.0 Å². The van der Waals surface area contributed by atoms with E-state index in [-0.39, 0.29) is 12.4 Å². The van der Waals surface area contributed by atoms with E-state index in [1.54, 1.807) is 0 Å². The Balaban J connectivity index is 0.00000144. The van der Waals surface area contributed by atoms with Crippen LogP contribution in [-0.4, -0.2) is 9.55 Å². The van der Waals surface area contributed by atoms with Crippen molar-refractivity contribution in [3.63, 3.8) is 0 Å². The van der Waals surface area contributed by atoms with Crippen molar-refractivity contribution in [3.8, 4) is 0 Å². The number of alkyl halides is 1. The van der Waals surface area contributed by atoms with Gasteiger partial charge < -0.3 is 4.57 Å². The zero-order valence-corrected chi connectivity index (χ0v) is 11.6. The molecular formula is C13H16Cl2N2. The Labute approximate surface area is 113 Å². The molecule has 0 spiro atoms. The predicted octanol–water partition coefficient (Wildman–Crippen LogP) is 3.71. The number of benzene rings is 1. The van der Waals surface area contributed by atoms with Crippen LogP contribution in [0.4, 0.5) is 0 Å². The molecule has 1 aromatic heterocycles. The molecule has 0 fully saturated rings. The first-order valence-corrected chi connectivity index (χ1v) is 5.88. The summed E-state index contributed by atoms with van der Waals surface area (Å²) in [6, 6.07) is 10.4. The molecule has 4 heteroatoms. The van der Waals surface area contributed by atoms with E-state index in [4.69, 9.17) is 11.6 Å². The predicted molar refractivity (Wildman–Crippen MR) is 74.1 cm³/mol. The van der Waals surface area contributed by atoms with Crippen LogP contribution in [0.5, 0.6) is 0 Å². The van der Waals surface area contributed by atoms with Crippen LogP contribution in [0.25, 0.3) is 0 Å². The smallest absolute Gasteiger partial charge is 0.124 e. The number of hydrogen-bond donors (Lipinski definition) is 0. The fourth-order valence-electron chi connectivity index (χ4n) is 1.80. The van der Waals surface area contributed by atoms with Crippen LogP contribution < -0.4 is 0 Å². The maximum absolute atomic E-state index is 5.90. The van der Waals surface area contributed by atoms with Crippen LogP contribution in [-0.2, 0) is 12.4 Å². The summed E-state index contributed by atoms with van der Waals surface area (Å²) in [5.41, 5.74) is 3.53. The Kier molecular flexibility index (Phi) is 5.03. The van der Waals surface area contributed by atoms with Crippen molar-refractivity contribution in [3.05, 3.63) is 53.1 Å². The van der Waals surface area contributed by atoms with Crippen LogP contribution in [0.15, 0.2) is 30.3 Å². The van der Waals surface area contributed by atoms with Gasteiger partial charge in [0.1, 0.15) is 5.82 Å². The van der Waals surface area contributed by atoms with Gasteiger partial charge >= 0.3 is 0 Å². The molecule has 0 saturated carbocycles. The van der Waals surface area contributed by atoms with Gasteiger partial charge in [-0.1, -0.05) is 30.3 Å². The third-order valence-electron chi connectivity index (χ3n) is 2.84. The number of imidazole rings is 1. The fourth-order valence-corrected chi connectivity index (χ4v) is 2.01. The van der Waals surface area contributed by atoms with Crippen LogP contribution in [0, 0.1) is 13.8 Å². The fraction of sp³-hybridized carbons (Fsp3) is 0.308. The molecule has 0 unspecified atom stereocenters. The Morgan fingerprint density at radius 1 is 1.18 bits per heavy atom. The van der Waals surface area contributed by atoms with E-state index in [0.29, 0.717) is 5.88 Å². The zero-order valence-electron chi connectivity index (χ0n) is 9.98. The molecule has 0 saturated heterocycles. The molecule has 0 aliphatic heterocycles. The highest BCUT2D eigenvalue weighted by atomic mass is 35.5. The van der Waals surface area contributed by atoms with Gasteiger partial charge in [-0.3, -0.25) is 0 Å². The van der Waals surface area contributed by atoms with E-state index in [1.807, 2.05) is 13.0 Å². The first-order chi connectivity index (χ1) is 7.72. The third-order valence-corrected chi connectivity index (χ3v) is 3.08. The minimum Gasteiger partial charge on any atom is -0.327 e. The minimum atomic E-state index is 0. The molecule has 1 heterocycles. The maximum Gasteiger partial charge on any atom is 0.124 e. The second-order valence-corrected chi connectivity index (χ2v) is 4.17. The summed E-state index contributed by atoms with van der Waals surface area (Å²) < 4.78 is 2.18. The second-order valence-electron chi connectivity index (χ2n) is 3.90. The topological polar surface area (TPSA) is 17.8 Å². The normalized spacial score (nSPS) is 10.1. The minimum absolute atomic E-state index is 0. The largest absolute Gasteiger partial charge is 0.327 e. The molecule has 0 atom stereocenters. The molecule has 17 heavy (non-hydrogen) atoms. The molecular weight excluding hydrogens is 255 g/mol. The molecule has 0 radical (unpaired) electrons. The van der Waals surface area contributed by atoms with Crippen LogP contribution in [0.2, 0.25) is 0 Å². The second kappa shape index (κ2) is 6.08. The lowest BCUT2D eigenvalue weighted by atomic mass is 10.2. The van der Waals surface area contributed by atoms with Crippen molar-refractivity contribution in [1.82, 2.24) is 9.55 Å². The molecule has 0 amide bonds. The van der Waals surface area contributed by atoms with Gasteiger partial charge in [-0.15, -0.1) is 24.0 Å². The molecule has 0 aliphatic rings. The number of halogens is 2. The van der Waals surface area contributed by atoms with Crippen molar-refractivity contribution < 1.29 is 0 Å². The Morgan fingerprint density at radius 2 is 1.82 bits per heavy atom. The summed E-state index contributed by atoms with van der Waals surface area (Å²) in [7, 11) is 0. The van der Waals surface area contributed by atoms with Crippen LogP contribution in [0.3, 0.4) is 0 Å². The standard InChI is InChI=1S/C13H15ClN2.ClH/c1-10-11(2)16(13(8-14)15-10)9-12-6-4-3-5-7-12;/h3-7H,8-9H2,1-2H3;1H. The Morgan fingerprint density at radius 3 is 2.41 bits per heavy atom. The van der Waals surface area contributed by atoms with E-state index < -0.39 is 0 Å². The number of nitrogens with zero attached hydrogens (tertiary/aromatic N) is 2. The SMILES string of the molecule is Cc1nc(CCl)n(Cc2ccccc2)c1C.Cl. The Hall–Kier alpha value is -0.990. The molecule has 1 aromatic carbocycles. The molecule has 0 bridgehead atoms. The lowest BCUT2D eigenvalue weighted by molar-refractivity contribution is 0.732. The summed E-state index contributed by atoms with van der Waals surface area (Å²) in [4.78, 5) is 4.46. The van der Waals surface area contributed by atoms with E-state index >= 15 is 0 Å². The van der Waals surface area contributed by atoms with Gasteiger partial charge in [0.05, 0.1) is 11.6 Å². The molecule has 0 N–H and O–H groups in total. The lowest BCUT2D eigenvalue weighted by Crippen LogP contribution is -2.05. The number of aryl methyl sites for hydroxylation is 1. The van der Waals surface area contributed by atoms with Crippen LogP contribution in [0.1, 0.15) is 22.8 Å². The lowest BCUT2D eigenvalue weighted by Gasteiger charge is -2.08. The third kappa shape index (κ3) is 3.02. The van der Waals surface area contributed by atoms with Gasteiger partial charge in [0.25, 0.3) is 0 Å². The average Bonchev–Trinajstić information content (AvgIpc) is 2.58. The highest BCUT2D eigenvalue weighted by Gasteiger charge is 2.09. The van der Waals surface area contributed by atoms with Crippen molar-refractivity contribution in [2.24, 2.45) is 0 Å². The van der Waals surface area contributed by atoms with Gasteiger partial charge in [-0.05, 0) is 19.4 Å². The average molecular weight is 271 g/mol. The van der Waals surface area contributed by atoms with Gasteiger partial charge in [-0.25, -0.2) is 4.98 Å². The summed E-state index contributed by atoms with van der Waals surface area (Å²) in [6.45, 7) is 4.95. The molecule has 2 rings (SSSR count). The summed E-state index contributed by atoms with van der Waals surface area (Å²) in [5, 5.41) is 0. The number of aromatic nitrogens is 2. The van der Waals surface area contributed by atoms with Crippen molar-refractivity contribution in [2.45, 2.75) is 26.3 Å². The first-order valence-electron chi connectivity index (χ1n) is 5.35.